The molecule has 0 aliphatic carbocycles. The molecule has 1 aromatic rings. The lowest BCUT2D eigenvalue weighted by molar-refractivity contribution is -0.136. The molecule has 148 valence electrons. The number of benzene rings is 1. The minimum Gasteiger partial charge on any atom is -0.493 e. The van der Waals surface area contributed by atoms with Crippen LogP contribution in [0.3, 0.4) is 0 Å². The average molecular weight is 374 g/mol. The zero-order valence-electron chi connectivity index (χ0n) is 16.4. The van der Waals surface area contributed by atoms with Crippen molar-refractivity contribution in [3.63, 3.8) is 0 Å². The van der Waals surface area contributed by atoms with Crippen LogP contribution in [0.5, 0.6) is 5.75 Å². The summed E-state index contributed by atoms with van der Waals surface area (Å²) in [4.78, 5) is 28.3. The van der Waals surface area contributed by atoms with Crippen LogP contribution in [-0.4, -0.2) is 67.6 Å². The van der Waals surface area contributed by atoms with Crippen LogP contribution in [0.15, 0.2) is 24.3 Å². The largest absolute Gasteiger partial charge is 0.493 e. The van der Waals surface area contributed by atoms with Crippen LogP contribution in [0.25, 0.3) is 0 Å². The van der Waals surface area contributed by atoms with Gasteiger partial charge in [-0.25, -0.2) is 0 Å². The summed E-state index contributed by atoms with van der Waals surface area (Å²) < 4.78 is 11.2. The van der Waals surface area contributed by atoms with Gasteiger partial charge in [0.05, 0.1) is 19.8 Å². The standard InChI is InChI=1S/C21H30N2O4/c1-16(2)20(24)22-9-7-17(8-10-22)15-27-19-5-3-18(4-6-19)21(25)23-11-13-26-14-12-23/h3-6,16-17H,7-15H2,1-2H3. The van der Waals surface area contributed by atoms with E-state index in [1.54, 1.807) is 0 Å². The fraction of sp³-hybridized carbons (Fsp3) is 0.619. The number of rotatable bonds is 5. The van der Waals surface area contributed by atoms with E-state index in [0.29, 0.717) is 44.4 Å². The van der Waals surface area contributed by atoms with Gasteiger partial charge >= 0.3 is 0 Å². The highest BCUT2D eigenvalue weighted by molar-refractivity contribution is 5.94. The van der Waals surface area contributed by atoms with Crippen molar-refractivity contribution in [3.8, 4) is 5.75 Å². The van der Waals surface area contributed by atoms with Gasteiger partial charge in [-0.3, -0.25) is 9.59 Å². The Kier molecular flexibility index (Phi) is 6.72. The summed E-state index contributed by atoms with van der Waals surface area (Å²) in [6, 6.07) is 7.39. The number of nitrogens with zero attached hydrogens (tertiary/aromatic N) is 2. The molecule has 0 radical (unpaired) electrons. The number of morpholine rings is 1. The molecule has 0 aromatic heterocycles. The molecule has 6 nitrogen and oxygen atoms in total. The molecule has 1 aromatic carbocycles. The minimum atomic E-state index is 0.0482. The second-order valence-corrected chi connectivity index (χ2v) is 7.66. The van der Waals surface area contributed by atoms with Crippen molar-refractivity contribution in [2.75, 3.05) is 46.0 Å². The number of piperidine rings is 1. The van der Waals surface area contributed by atoms with Crippen LogP contribution >= 0.6 is 0 Å². The van der Waals surface area contributed by atoms with Gasteiger partial charge in [0.2, 0.25) is 5.91 Å². The van der Waals surface area contributed by atoms with Gasteiger partial charge in [-0.2, -0.15) is 0 Å². The van der Waals surface area contributed by atoms with Gasteiger partial charge in [-0.05, 0) is 43.0 Å². The summed E-state index contributed by atoms with van der Waals surface area (Å²) in [7, 11) is 0. The van der Waals surface area contributed by atoms with Gasteiger partial charge in [0.25, 0.3) is 5.91 Å². The van der Waals surface area contributed by atoms with E-state index >= 15 is 0 Å². The van der Waals surface area contributed by atoms with Gasteiger partial charge in [-0.15, -0.1) is 0 Å². The summed E-state index contributed by atoms with van der Waals surface area (Å²) in [5.74, 6) is 1.61. The highest BCUT2D eigenvalue weighted by atomic mass is 16.5. The maximum absolute atomic E-state index is 12.4. The molecule has 6 heteroatoms. The molecule has 0 unspecified atom stereocenters. The van der Waals surface area contributed by atoms with Gasteiger partial charge in [-0.1, -0.05) is 13.8 Å². The fourth-order valence-electron chi connectivity index (χ4n) is 3.54. The number of amides is 2. The first-order valence-corrected chi connectivity index (χ1v) is 9.93. The minimum absolute atomic E-state index is 0.0482. The lowest BCUT2D eigenvalue weighted by Crippen LogP contribution is -2.41. The maximum Gasteiger partial charge on any atom is 0.254 e. The fourth-order valence-corrected chi connectivity index (χ4v) is 3.54. The molecule has 27 heavy (non-hydrogen) atoms. The van der Waals surface area contributed by atoms with Crippen molar-refractivity contribution in [1.82, 2.24) is 9.80 Å². The normalized spacial score (nSPS) is 18.6. The quantitative estimate of drug-likeness (QED) is 0.794. The Morgan fingerprint density at radius 1 is 1.04 bits per heavy atom. The van der Waals surface area contributed by atoms with Crippen LogP contribution in [0, 0.1) is 11.8 Å². The van der Waals surface area contributed by atoms with Crippen LogP contribution < -0.4 is 4.74 Å². The second-order valence-electron chi connectivity index (χ2n) is 7.66. The zero-order chi connectivity index (χ0) is 19.2. The van der Waals surface area contributed by atoms with E-state index < -0.39 is 0 Å². The molecule has 0 saturated carbocycles. The molecule has 2 heterocycles. The lowest BCUT2D eigenvalue weighted by Gasteiger charge is -2.33. The lowest BCUT2D eigenvalue weighted by atomic mass is 9.97. The van der Waals surface area contributed by atoms with Gasteiger partial charge in [0.15, 0.2) is 0 Å². The third kappa shape index (κ3) is 5.22. The number of ether oxygens (including phenoxy) is 2. The number of hydrogen-bond acceptors (Lipinski definition) is 4. The average Bonchev–Trinajstić information content (AvgIpc) is 2.72. The summed E-state index contributed by atoms with van der Waals surface area (Å²) >= 11 is 0. The number of hydrogen-bond donors (Lipinski definition) is 0. The molecule has 2 aliphatic rings. The predicted molar refractivity (Wildman–Crippen MR) is 103 cm³/mol. The van der Waals surface area contributed by atoms with Crippen molar-refractivity contribution in [2.45, 2.75) is 26.7 Å². The highest BCUT2D eigenvalue weighted by Gasteiger charge is 2.24. The maximum atomic E-state index is 12.4. The number of carbonyl (C=O) groups is 2. The molecule has 3 rings (SSSR count). The SMILES string of the molecule is CC(C)C(=O)N1CCC(COc2ccc(C(=O)N3CCOCC3)cc2)CC1. The topological polar surface area (TPSA) is 59.1 Å². The molecule has 2 fully saturated rings. The molecule has 2 aliphatic heterocycles. The van der Waals surface area contributed by atoms with E-state index in [4.69, 9.17) is 9.47 Å². The Morgan fingerprint density at radius 3 is 2.26 bits per heavy atom. The summed E-state index contributed by atoms with van der Waals surface area (Å²) in [6.07, 6.45) is 1.96. The molecular formula is C21H30N2O4. The molecule has 0 atom stereocenters. The molecule has 2 amide bonds. The van der Waals surface area contributed by atoms with Crippen LogP contribution in [0.1, 0.15) is 37.0 Å². The summed E-state index contributed by atoms with van der Waals surface area (Å²) in [6.45, 7) is 8.69. The van der Waals surface area contributed by atoms with Crippen molar-refractivity contribution >= 4 is 11.8 Å². The van der Waals surface area contributed by atoms with E-state index in [2.05, 4.69) is 0 Å². The van der Waals surface area contributed by atoms with E-state index in [1.165, 1.54) is 0 Å². The van der Waals surface area contributed by atoms with E-state index in [-0.39, 0.29) is 17.7 Å². The van der Waals surface area contributed by atoms with Crippen molar-refractivity contribution in [2.24, 2.45) is 11.8 Å². The van der Waals surface area contributed by atoms with Crippen LogP contribution in [-0.2, 0) is 9.53 Å². The van der Waals surface area contributed by atoms with Crippen LogP contribution in [0.2, 0.25) is 0 Å². The third-order valence-corrected chi connectivity index (χ3v) is 5.31. The second kappa shape index (κ2) is 9.22. The van der Waals surface area contributed by atoms with E-state index in [0.717, 1.165) is 31.7 Å². The third-order valence-electron chi connectivity index (χ3n) is 5.31. The molecular weight excluding hydrogens is 344 g/mol. The highest BCUT2D eigenvalue weighted by Crippen LogP contribution is 2.21. The zero-order valence-corrected chi connectivity index (χ0v) is 16.4. The van der Waals surface area contributed by atoms with E-state index in [9.17, 15) is 9.59 Å². The first kappa shape index (κ1) is 19.7. The molecule has 2 saturated heterocycles. The van der Waals surface area contributed by atoms with Crippen molar-refractivity contribution < 1.29 is 19.1 Å². The van der Waals surface area contributed by atoms with Gasteiger partial charge < -0.3 is 19.3 Å². The first-order chi connectivity index (χ1) is 13.0. The van der Waals surface area contributed by atoms with Crippen LogP contribution in [0.4, 0.5) is 0 Å². The Balaban J connectivity index is 1.44. The molecule has 0 spiro atoms. The molecule has 0 bridgehead atoms. The Bertz CT molecular complexity index is 630. The Labute approximate surface area is 161 Å². The Hall–Kier alpha value is -2.08. The molecule has 0 N–H and O–H groups in total. The van der Waals surface area contributed by atoms with Crippen molar-refractivity contribution in [3.05, 3.63) is 29.8 Å². The van der Waals surface area contributed by atoms with Crippen molar-refractivity contribution in [1.29, 1.82) is 0 Å². The van der Waals surface area contributed by atoms with Gasteiger partial charge in [0, 0.05) is 37.7 Å². The summed E-state index contributed by atoms with van der Waals surface area (Å²) in [5.41, 5.74) is 0.685. The first-order valence-electron chi connectivity index (χ1n) is 9.93. The number of likely N-dealkylation sites (tertiary alicyclic amines) is 1. The predicted octanol–water partition coefficient (Wildman–Crippen LogP) is 2.43. The monoisotopic (exact) mass is 374 g/mol. The summed E-state index contributed by atoms with van der Waals surface area (Å²) in [5, 5.41) is 0. The van der Waals surface area contributed by atoms with E-state index in [1.807, 2.05) is 47.9 Å². The number of carbonyl (C=O) groups excluding carboxylic acids is 2. The van der Waals surface area contributed by atoms with Gasteiger partial charge in [0.1, 0.15) is 5.75 Å². The Morgan fingerprint density at radius 2 is 1.67 bits per heavy atom. The smallest absolute Gasteiger partial charge is 0.254 e.